The van der Waals surface area contributed by atoms with Crippen LogP contribution in [0, 0.1) is 5.95 Å². The number of nitrogens with zero attached hydrogens (tertiary/aromatic N) is 4. The highest BCUT2D eigenvalue weighted by molar-refractivity contribution is 5.32. The first-order valence-electron chi connectivity index (χ1n) is 2.69. The predicted octanol–water partition coefficient (Wildman–Crippen LogP) is 0.263. The quantitative estimate of drug-likeness (QED) is 0.524. The van der Waals surface area contributed by atoms with Gasteiger partial charge in [-0.2, -0.15) is 4.39 Å². The topological polar surface area (TPSA) is 43.1 Å². The van der Waals surface area contributed by atoms with Gasteiger partial charge in [-0.25, -0.2) is 4.98 Å². The first-order valence-corrected chi connectivity index (χ1v) is 2.69. The van der Waals surface area contributed by atoms with Gasteiger partial charge in [-0.3, -0.25) is 0 Å². The Morgan fingerprint density at radius 2 is 2.30 bits per heavy atom. The summed E-state index contributed by atoms with van der Waals surface area (Å²) in [6, 6.07) is 2.75. The molecule has 0 N–H and O–H groups in total. The van der Waals surface area contributed by atoms with Crippen LogP contribution >= 0.6 is 0 Å². The molecule has 0 radical (unpaired) electrons. The molecule has 5 heteroatoms. The lowest BCUT2D eigenvalue weighted by Gasteiger charge is -1.86. The molecule has 0 fully saturated rings. The third-order valence-corrected chi connectivity index (χ3v) is 1.12. The van der Waals surface area contributed by atoms with Gasteiger partial charge in [0, 0.05) is 0 Å². The SMILES string of the molecule is Fc1ccc2ncnn2n1. The standard InChI is InChI=1S/C5H3FN4/c6-4-1-2-5-7-3-8-10(5)9-4/h1-3H. The molecule has 0 aliphatic heterocycles. The van der Waals surface area contributed by atoms with Crippen molar-refractivity contribution in [2.45, 2.75) is 0 Å². The number of hydrogen-bond donors (Lipinski definition) is 0. The molecule has 0 amide bonds. The average molecular weight is 138 g/mol. The highest BCUT2D eigenvalue weighted by Crippen LogP contribution is 1.95. The highest BCUT2D eigenvalue weighted by Gasteiger charge is 1.95. The summed E-state index contributed by atoms with van der Waals surface area (Å²) in [4.78, 5) is 3.78. The van der Waals surface area contributed by atoms with Gasteiger partial charge in [0.05, 0.1) is 0 Å². The summed E-state index contributed by atoms with van der Waals surface area (Å²) < 4.78 is 13.4. The van der Waals surface area contributed by atoms with Gasteiger partial charge in [-0.15, -0.1) is 14.8 Å². The Morgan fingerprint density at radius 3 is 3.20 bits per heavy atom. The molecule has 0 unspecified atom stereocenters. The van der Waals surface area contributed by atoms with Gasteiger partial charge in [0.15, 0.2) is 5.65 Å². The van der Waals surface area contributed by atoms with Crippen molar-refractivity contribution < 1.29 is 4.39 Å². The van der Waals surface area contributed by atoms with Crippen molar-refractivity contribution in [2.24, 2.45) is 0 Å². The van der Waals surface area contributed by atoms with E-state index in [0.717, 1.165) is 4.63 Å². The van der Waals surface area contributed by atoms with Crippen LogP contribution in [0.25, 0.3) is 5.65 Å². The molecule has 2 rings (SSSR count). The lowest BCUT2D eigenvalue weighted by molar-refractivity contribution is 0.541. The Kier molecular flexibility index (Phi) is 0.913. The fourth-order valence-electron chi connectivity index (χ4n) is 0.699. The van der Waals surface area contributed by atoms with E-state index in [-0.39, 0.29) is 0 Å². The summed E-state index contributed by atoms with van der Waals surface area (Å²) >= 11 is 0. The van der Waals surface area contributed by atoms with Gasteiger partial charge >= 0.3 is 0 Å². The number of halogens is 1. The van der Waals surface area contributed by atoms with Gasteiger partial charge in [-0.1, -0.05) is 0 Å². The van der Waals surface area contributed by atoms with Crippen LogP contribution in [0.5, 0.6) is 0 Å². The molecular formula is C5H3FN4. The van der Waals surface area contributed by atoms with E-state index in [1.165, 1.54) is 18.5 Å². The zero-order valence-corrected chi connectivity index (χ0v) is 4.90. The highest BCUT2D eigenvalue weighted by atomic mass is 19.1. The van der Waals surface area contributed by atoms with Gasteiger partial charge < -0.3 is 0 Å². The van der Waals surface area contributed by atoms with E-state index in [0.29, 0.717) is 5.65 Å². The Hall–Kier alpha value is -1.52. The molecule has 0 atom stereocenters. The molecule has 10 heavy (non-hydrogen) atoms. The second-order valence-electron chi connectivity index (χ2n) is 1.76. The Balaban J connectivity index is 2.86. The molecule has 0 saturated carbocycles. The van der Waals surface area contributed by atoms with Crippen molar-refractivity contribution in [1.82, 2.24) is 19.8 Å². The molecule has 50 valence electrons. The van der Waals surface area contributed by atoms with Crippen molar-refractivity contribution in [3.05, 3.63) is 24.4 Å². The summed E-state index contributed by atoms with van der Waals surface area (Å²) in [7, 11) is 0. The molecule has 2 aromatic heterocycles. The van der Waals surface area contributed by atoms with E-state index in [1.54, 1.807) is 0 Å². The van der Waals surface area contributed by atoms with E-state index in [9.17, 15) is 4.39 Å². The zero-order chi connectivity index (χ0) is 6.97. The van der Waals surface area contributed by atoms with E-state index in [1.807, 2.05) is 0 Å². The summed E-state index contributed by atoms with van der Waals surface area (Å²) in [5, 5.41) is 7.05. The lowest BCUT2D eigenvalue weighted by Crippen LogP contribution is -1.95. The number of rotatable bonds is 0. The molecule has 0 bridgehead atoms. The van der Waals surface area contributed by atoms with E-state index in [2.05, 4.69) is 15.2 Å². The second-order valence-corrected chi connectivity index (χ2v) is 1.76. The van der Waals surface area contributed by atoms with E-state index < -0.39 is 5.95 Å². The lowest BCUT2D eigenvalue weighted by atomic mass is 10.6. The Morgan fingerprint density at radius 1 is 1.40 bits per heavy atom. The Labute approximate surface area is 55.3 Å². The maximum absolute atomic E-state index is 12.3. The van der Waals surface area contributed by atoms with Crippen molar-refractivity contribution in [3.8, 4) is 0 Å². The predicted molar refractivity (Wildman–Crippen MR) is 30.7 cm³/mol. The number of aromatic nitrogens is 4. The van der Waals surface area contributed by atoms with Crippen LogP contribution in [0.3, 0.4) is 0 Å². The first-order chi connectivity index (χ1) is 4.86. The molecule has 4 nitrogen and oxygen atoms in total. The third kappa shape index (κ3) is 0.637. The summed E-state index contributed by atoms with van der Waals surface area (Å²) in [6.07, 6.45) is 1.32. The molecule has 0 saturated heterocycles. The fourth-order valence-corrected chi connectivity index (χ4v) is 0.699. The first kappa shape index (κ1) is 5.28. The maximum Gasteiger partial charge on any atom is 0.233 e. The van der Waals surface area contributed by atoms with Crippen LogP contribution in [0.4, 0.5) is 4.39 Å². The van der Waals surface area contributed by atoms with Crippen molar-refractivity contribution >= 4 is 5.65 Å². The van der Waals surface area contributed by atoms with Crippen LogP contribution in [0.1, 0.15) is 0 Å². The van der Waals surface area contributed by atoms with Crippen molar-refractivity contribution in [1.29, 1.82) is 0 Å². The minimum Gasteiger partial charge on any atom is -0.213 e. The summed E-state index contributed by atoms with van der Waals surface area (Å²) in [6.45, 7) is 0. The number of fused-ring (bicyclic) bond motifs is 1. The minimum atomic E-state index is -0.557. The molecule has 0 aliphatic carbocycles. The van der Waals surface area contributed by atoms with Gasteiger partial charge in [0.25, 0.3) is 0 Å². The van der Waals surface area contributed by atoms with Crippen LogP contribution in [0.15, 0.2) is 18.5 Å². The zero-order valence-electron chi connectivity index (χ0n) is 4.90. The van der Waals surface area contributed by atoms with E-state index >= 15 is 0 Å². The molecule has 0 spiro atoms. The minimum absolute atomic E-state index is 0.543. The van der Waals surface area contributed by atoms with Gasteiger partial charge in [0.1, 0.15) is 6.33 Å². The normalized spacial score (nSPS) is 10.5. The maximum atomic E-state index is 12.3. The molecule has 0 aliphatic rings. The summed E-state index contributed by atoms with van der Waals surface area (Å²) in [5.74, 6) is -0.557. The van der Waals surface area contributed by atoms with Crippen LogP contribution in [-0.4, -0.2) is 19.8 Å². The Bertz CT molecular complexity index is 355. The monoisotopic (exact) mass is 138 g/mol. The second kappa shape index (κ2) is 1.73. The number of hydrogen-bond acceptors (Lipinski definition) is 3. The molecule has 0 aromatic carbocycles. The van der Waals surface area contributed by atoms with Crippen LogP contribution in [0.2, 0.25) is 0 Å². The van der Waals surface area contributed by atoms with Crippen LogP contribution in [-0.2, 0) is 0 Å². The van der Waals surface area contributed by atoms with E-state index in [4.69, 9.17) is 0 Å². The summed E-state index contributed by atoms with van der Waals surface area (Å²) in [5.41, 5.74) is 0.543. The largest absolute Gasteiger partial charge is 0.233 e. The molecule has 2 aromatic rings. The third-order valence-electron chi connectivity index (χ3n) is 1.12. The molecular weight excluding hydrogens is 135 g/mol. The fraction of sp³-hybridized carbons (Fsp3) is 0. The van der Waals surface area contributed by atoms with Crippen LogP contribution < -0.4 is 0 Å². The van der Waals surface area contributed by atoms with Gasteiger partial charge in [0.2, 0.25) is 5.95 Å². The van der Waals surface area contributed by atoms with Crippen molar-refractivity contribution in [2.75, 3.05) is 0 Å². The smallest absolute Gasteiger partial charge is 0.213 e. The van der Waals surface area contributed by atoms with Gasteiger partial charge in [-0.05, 0) is 12.1 Å². The molecule has 2 heterocycles. The average Bonchev–Trinajstić information content (AvgIpc) is 2.33. The van der Waals surface area contributed by atoms with Crippen molar-refractivity contribution in [3.63, 3.8) is 0 Å².